The molecule has 2 atom stereocenters. The maximum atomic E-state index is 8.87. The lowest BCUT2D eigenvalue weighted by molar-refractivity contribution is -0.213. The molecule has 0 aliphatic heterocycles. The van der Waals surface area contributed by atoms with Crippen LogP contribution in [0.4, 0.5) is 0 Å². The highest BCUT2D eigenvalue weighted by Crippen LogP contribution is 2.05. The summed E-state index contributed by atoms with van der Waals surface area (Å²) in [7, 11) is 0. The van der Waals surface area contributed by atoms with Gasteiger partial charge in [-0.25, -0.2) is 0 Å². The van der Waals surface area contributed by atoms with Crippen LogP contribution in [-0.2, 0) is 9.47 Å². The Labute approximate surface area is 81.0 Å². The Hall–Kier alpha value is -0.120. The Bertz CT molecular complexity index is 113. The van der Waals surface area contributed by atoms with Crippen molar-refractivity contribution in [2.45, 2.75) is 53.1 Å². The van der Waals surface area contributed by atoms with Crippen LogP contribution in [0, 0.1) is 5.92 Å². The van der Waals surface area contributed by atoms with Gasteiger partial charge < -0.3 is 14.6 Å². The third-order valence-electron chi connectivity index (χ3n) is 1.67. The lowest BCUT2D eigenvalue weighted by Gasteiger charge is -2.16. The molecule has 0 spiro atoms. The second kappa shape index (κ2) is 7.30. The van der Waals surface area contributed by atoms with Gasteiger partial charge in [0.2, 0.25) is 0 Å². The van der Waals surface area contributed by atoms with Gasteiger partial charge in [0.1, 0.15) is 0 Å². The molecular weight excluding hydrogens is 168 g/mol. The molecule has 0 aromatic heterocycles. The Morgan fingerprint density at radius 1 is 1.15 bits per heavy atom. The Kier molecular flexibility index (Phi) is 7.23. The smallest absolute Gasteiger partial charge is 0.157 e. The minimum atomic E-state index is -0.750. The van der Waals surface area contributed by atoms with Crippen molar-refractivity contribution in [3.63, 3.8) is 0 Å². The molecular formula is C10H22O3. The molecule has 0 saturated carbocycles. The van der Waals surface area contributed by atoms with Gasteiger partial charge in [0, 0.05) is 6.61 Å². The van der Waals surface area contributed by atoms with E-state index in [0.717, 1.165) is 12.3 Å². The molecule has 0 aliphatic rings. The first kappa shape index (κ1) is 12.9. The molecule has 3 nitrogen and oxygen atoms in total. The molecule has 0 saturated heterocycles. The Balaban J connectivity index is 3.22. The van der Waals surface area contributed by atoms with Crippen LogP contribution in [0.3, 0.4) is 0 Å². The van der Waals surface area contributed by atoms with Gasteiger partial charge in [0.05, 0.1) is 0 Å². The Morgan fingerprint density at radius 3 is 2.23 bits per heavy atom. The van der Waals surface area contributed by atoms with Crippen LogP contribution in [0.2, 0.25) is 0 Å². The zero-order valence-electron chi connectivity index (χ0n) is 9.12. The van der Waals surface area contributed by atoms with Crippen molar-refractivity contribution in [3.05, 3.63) is 0 Å². The van der Waals surface area contributed by atoms with Gasteiger partial charge >= 0.3 is 0 Å². The number of hydrogen-bond donors (Lipinski definition) is 1. The number of aliphatic hydroxyl groups excluding tert-OH is 1. The molecule has 13 heavy (non-hydrogen) atoms. The SMILES string of the molecule is CC(C)CCCOC(C)OC(C)O. The van der Waals surface area contributed by atoms with Crippen molar-refractivity contribution < 1.29 is 14.6 Å². The van der Waals surface area contributed by atoms with Crippen LogP contribution < -0.4 is 0 Å². The van der Waals surface area contributed by atoms with E-state index in [-0.39, 0.29) is 6.29 Å². The van der Waals surface area contributed by atoms with E-state index in [1.165, 1.54) is 6.42 Å². The molecule has 2 unspecified atom stereocenters. The van der Waals surface area contributed by atoms with Gasteiger partial charge in [-0.1, -0.05) is 13.8 Å². The summed E-state index contributed by atoms with van der Waals surface area (Å²) in [5.74, 6) is 0.719. The number of rotatable bonds is 7. The number of aliphatic hydroxyl groups is 1. The van der Waals surface area contributed by atoms with E-state index in [1.54, 1.807) is 13.8 Å². The highest BCUT2D eigenvalue weighted by molar-refractivity contribution is 4.45. The van der Waals surface area contributed by atoms with Gasteiger partial charge in [0.15, 0.2) is 12.6 Å². The highest BCUT2D eigenvalue weighted by Gasteiger charge is 2.05. The second-order valence-corrected chi connectivity index (χ2v) is 3.71. The van der Waals surface area contributed by atoms with Crippen LogP contribution in [0.25, 0.3) is 0 Å². The molecule has 0 bridgehead atoms. The molecule has 0 rings (SSSR count). The molecule has 0 heterocycles. The molecule has 0 fully saturated rings. The maximum absolute atomic E-state index is 8.87. The third kappa shape index (κ3) is 9.80. The molecule has 3 heteroatoms. The van der Waals surface area contributed by atoms with E-state index in [2.05, 4.69) is 13.8 Å². The zero-order chi connectivity index (χ0) is 10.3. The van der Waals surface area contributed by atoms with Crippen LogP contribution in [-0.4, -0.2) is 24.3 Å². The van der Waals surface area contributed by atoms with Gasteiger partial charge in [-0.15, -0.1) is 0 Å². The predicted molar refractivity (Wildman–Crippen MR) is 52.3 cm³/mol. The van der Waals surface area contributed by atoms with Gasteiger partial charge in [-0.05, 0) is 32.6 Å². The normalized spacial score (nSPS) is 16.2. The van der Waals surface area contributed by atoms with E-state index in [0.29, 0.717) is 6.61 Å². The van der Waals surface area contributed by atoms with Gasteiger partial charge in [-0.2, -0.15) is 0 Å². The molecule has 0 aromatic rings. The molecule has 0 radical (unpaired) electrons. The monoisotopic (exact) mass is 190 g/mol. The Morgan fingerprint density at radius 2 is 1.77 bits per heavy atom. The number of hydrogen-bond acceptors (Lipinski definition) is 3. The average molecular weight is 190 g/mol. The quantitative estimate of drug-likeness (QED) is 0.494. The standard InChI is InChI=1S/C10H22O3/c1-8(2)6-5-7-12-10(4)13-9(3)11/h8-11H,5-7H2,1-4H3. The van der Waals surface area contributed by atoms with Crippen LogP contribution in [0.15, 0.2) is 0 Å². The summed E-state index contributed by atoms with van der Waals surface area (Å²) in [6, 6.07) is 0. The van der Waals surface area contributed by atoms with Crippen LogP contribution >= 0.6 is 0 Å². The largest absolute Gasteiger partial charge is 0.368 e. The molecule has 1 N–H and O–H groups in total. The third-order valence-corrected chi connectivity index (χ3v) is 1.67. The first-order chi connectivity index (χ1) is 6.02. The van der Waals surface area contributed by atoms with E-state index in [9.17, 15) is 0 Å². The van der Waals surface area contributed by atoms with Gasteiger partial charge in [0.25, 0.3) is 0 Å². The van der Waals surface area contributed by atoms with E-state index in [1.807, 2.05) is 0 Å². The lowest BCUT2D eigenvalue weighted by Crippen LogP contribution is -2.19. The molecule has 0 amide bonds. The van der Waals surface area contributed by atoms with Crippen molar-refractivity contribution in [1.29, 1.82) is 0 Å². The summed E-state index contributed by atoms with van der Waals surface area (Å²) in [5.41, 5.74) is 0. The first-order valence-electron chi connectivity index (χ1n) is 4.97. The van der Waals surface area contributed by atoms with Crippen molar-refractivity contribution in [2.75, 3.05) is 6.61 Å². The maximum Gasteiger partial charge on any atom is 0.157 e. The fourth-order valence-corrected chi connectivity index (χ4v) is 1.06. The van der Waals surface area contributed by atoms with E-state index >= 15 is 0 Å². The topological polar surface area (TPSA) is 38.7 Å². The van der Waals surface area contributed by atoms with Crippen molar-refractivity contribution in [2.24, 2.45) is 5.92 Å². The molecule has 0 aromatic carbocycles. The second-order valence-electron chi connectivity index (χ2n) is 3.71. The molecule has 80 valence electrons. The van der Waals surface area contributed by atoms with Crippen molar-refractivity contribution in [1.82, 2.24) is 0 Å². The summed E-state index contributed by atoms with van der Waals surface area (Å²) < 4.78 is 10.3. The summed E-state index contributed by atoms with van der Waals surface area (Å²) in [5, 5.41) is 8.87. The minimum Gasteiger partial charge on any atom is -0.368 e. The van der Waals surface area contributed by atoms with Crippen molar-refractivity contribution in [3.8, 4) is 0 Å². The summed E-state index contributed by atoms with van der Waals surface area (Å²) in [4.78, 5) is 0. The number of ether oxygens (including phenoxy) is 2. The lowest BCUT2D eigenvalue weighted by atomic mass is 10.1. The predicted octanol–water partition coefficient (Wildman–Crippen LogP) is 2.14. The van der Waals surface area contributed by atoms with Crippen LogP contribution in [0.5, 0.6) is 0 Å². The summed E-state index contributed by atoms with van der Waals surface area (Å²) in [6.07, 6.45) is 1.15. The van der Waals surface area contributed by atoms with Crippen molar-refractivity contribution >= 4 is 0 Å². The summed E-state index contributed by atoms with van der Waals surface area (Å²) >= 11 is 0. The minimum absolute atomic E-state index is 0.313. The van der Waals surface area contributed by atoms with Gasteiger partial charge in [-0.3, -0.25) is 0 Å². The van der Waals surface area contributed by atoms with E-state index in [4.69, 9.17) is 14.6 Å². The fraction of sp³-hybridized carbons (Fsp3) is 1.00. The zero-order valence-corrected chi connectivity index (χ0v) is 9.12. The molecule has 0 aliphatic carbocycles. The highest BCUT2D eigenvalue weighted by atomic mass is 16.7. The average Bonchev–Trinajstić information content (AvgIpc) is 1.96. The first-order valence-corrected chi connectivity index (χ1v) is 4.97. The van der Waals surface area contributed by atoms with Crippen LogP contribution in [0.1, 0.15) is 40.5 Å². The van der Waals surface area contributed by atoms with E-state index < -0.39 is 6.29 Å². The fourth-order valence-electron chi connectivity index (χ4n) is 1.06. The summed E-state index contributed by atoms with van der Waals surface area (Å²) in [6.45, 7) is 8.45.